The average molecular weight is 261 g/mol. The first-order valence-electron chi connectivity index (χ1n) is 4.53. The highest BCUT2D eigenvalue weighted by Gasteiger charge is 1.99. The van der Waals surface area contributed by atoms with E-state index >= 15 is 0 Å². The second kappa shape index (κ2) is 6.11. The Balaban J connectivity index is 2.39. The molecule has 0 aliphatic carbocycles. The van der Waals surface area contributed by atoms with Crippen LogP contribution < -0.4 is 10.6 Å². The van der Waals surface area contributed by atoms with Gasteiger partial charge in [0.2, 0.25) is 0 Å². The average Bonchev–Trinajstić information content (AvgIpc) is 2.18. The van der Waals surface area contributed by atoms with Crippen LogP contribution in [0.1, 0.15) is 5.56 Å². The minimum atomic E-state index is -0.219. The minimum absolute atomic E-state index is 0.219. The maximum absolute atomic E-state index is 12.9. The van der Waals surface area contributed by atoms with E-state index in [1.54, 1.807) is 12.1 Å². The zero-order chi connectivity index (χ0) is 10.4. The molecule has 2 nitrogen and oxygen atoms in total. The van der Waals surface area contributed by atoms with Crippen LogP contribution in [0.25, 0.3) is 0 Å². The highest BCUT2D eigenvalue weighted by atomic mass is 79.9. The number of nitrogens with one attached hydrogen (secondary N) is 2. The number of hydrogen-bond acceptors (Lipinski definition) is 2. The molecule has 0 amide bonds. The maximum Gasteiger partial charge on any atom is 0.137 e. The fourth-order valence-corrected chi connectivity index (χ4v) is 1.52. The summed E-state index contributed by atoms with van der Waals surface area (Å²) in [4.78, 5) is 0. The van der Waals surface area contributed by atoms with Gasteiger partial charge in [-0.05, 0) is 40.7 Å². The summed E-state index contributed by atoms with van der Waals surface area (Å²) in [6.07, 6.45) is 0. The number of likely N-dealkylation sites (N-methyl/N-ethyl adjacent to an activating group) is 1. The van der Waals surface area contributed by atoms with Gasteiger partial charge in [0.15, 0.2) is 0 Å². The SMILES string of the molecule is CNCCNCc1ccc(F)c(Br)c1. The van der Waals surface area contributed by atoms with Crippen LogP contribution in [-0.2, 0) is 6.54 Å². The first-order valence-corrected chi connectivity index (χ1v) is 5.32. The van der Waals surface area contributed by atoms with Crippen molar-refractivity contribution in [3.8, 4) is 0 Å². The molecule has 0 heterocycles. The zero-order valence-electron chi connectivity index (χ0n) is 8.11. The molecule has 0 radical (unpaired) electrons. The van der Waals surface area contributed by atoms with Crippen molar-refractivity contribution >= 4 is 15.9 Å². The fraction of sp³-hybridized carbons (Fsp3) is 0.400. The molecule has 2 N–H and O–H groups in total. The Kier molecular flexibility index (Phi) is 5.07. The summed E-state index contributed by atoms with van der Waals surface area (Å²) in [5.74, 6) is -0.219. The first-order chi connectivity index (χ1) is 6.74. The lowest BCUT2D eigenvalue weighted by molar-refractivity contribution is 0.616. The summed E-state index contributed by atoms with van der Waals surface area (Å²) in [5, 5.41) is 6.29. The molecule has 0 saturated carbocycles. The van der Waals surface area contributed by atoms with Crippen LogP contribution in [0.4, 0.5) is 4.39 Å². The molecule has 0 atom stereocenters. The first kappa shape index (κ1) is 11.6. The normalized spacial score (nSPS) is 10.5. The van der Waals surface area contributed by atoms with E-state index in [2.05, 4.69) is 26.6 Å². The van der Waals surface area contributed by atoms with Gasteiger partial charge in [0.25, 0.3) is 0 Å². The molecule has 0 bridgehead atoms. The Labute approximate surface area is 92.0 Å². The van der Waals surface area contributed by atoms with Crippen LogP contribution in [0.3, 0.4) is 0 Å². The summed E-state index contributed by atoms with van der Waals surface area (Å²) in [6.45, 7) is 2.61. The lowest BCUT2D eigenvalue weighted by atomic mass is 10.2. The Morgan fingerprint density at radius 3 is 2.79 bits per heavy atom. The maximum atomic E-state index is 12.9. The van der Waals surface area contributed by atoms with Gasteiger partial charge in [0, 0.05) is 19.6 Å². The Morgan fingerprint density at radius 1 is 1.36 bits per heavy atom. The van der Waals surface area contributed by atoms with E-state index in [0.29, 0.717) is 4.47 Å². The molecule has 1 aromatic carbocycles. The lowest BCUT2D eigenvalue weighted by Crippen LogP contribution is -2.24. The molecule has 0 fully saturated rings. The molecule has 0 unspecified atom stereocenters. The standard InChI is InChI=1S/C10H14BrFN2/c1-13-4-5-14-7-8-2-3-10(12)9(11)6-8/h2-3,6,13-14H,4-5,7H2,1H3. The number of benzene rings is 1. The molecular weight excluding hydrogens is 247 g/mol. The summed E-state index contributed by atoms with van der Waals surface area (Å²) in [6, 6.07) is 5.05. The smallest absolute Gasteiger partial charge is 0.137 e. The topological polar surface area (TPSA) is 24.1 Å². The van der Waals surface area contributed by atoms with E-state index in [9.17, 15) is 4.39 Å². The van der Waals surface area contributed by atoms with Crippen molar-refractivity contribution in [3.05, 3.63) is 34.1 Å². The van der Waals surface area contributed by atoms with Gasteiger partial charge in [-0.3, -0.25) is 0 Å². The van der Waals surface area contributed by atoms with Crippen LogP contribution in [0.15, 0.2) is 22.7 Å². The van der Waals surface area contributed by atoms with Crippen molar-refractivity contribution < 1.29 is 4.39 Å². The van der Waals surface area contributed by atoms with E-state index in [0.717, 1.165) is 25.2 Å². The molecule has 0 aliphatic rings. The Morgan fingerprint density at radius 2 is 2.14 bits per heavy atom. The van der Waals surface area contributed by atoms with Crippen LogP contribution >= 0.6 is 15.9 Å². The second-order valence-corrected chi connectivity index (χ2v) is 3.88. The fourth-order valence-electron chi connectivity index (χ4n) is 1.10. The Hall–Kier alpha value is -0.450. The molecule has 14 heavy (non-hydrogen) atoms. The highest BCUT2D eigenvalue weighted by Crippen LogP contribution is 2.16. The summed E-state index contributed by atoms with van der Waals surface area (Å²) < 4.78 is 13.4. The monoisotopic (exact) mass is 260 g/mol. The minimum Gasteiger partial charge on any atom is -0.318 e. The molecule has 1 aromatic rings. The predicted octanol–water partition coefficient (Wildman–Crippen LogP) is 1.90. The molecule has 0 aromatic heterocycles. The summed E-state index contributed by atoms with van der Waals surface area (Å²) in [5.41, 5.74) is 1.08. The molecule has 4 heteroatoms. The van der Waals surface area contributed by atoms with Crippen molar-refractivity contribution in [3.63, 3.8) is 0 Å². The van der Waals surface area contributed by atoms with Crippen molar-refractivity contribution in [1.29, 1.82) is 0 Å². The van der Waals surface area contributed by atoms with Crippen LogP contribution in [0.2, 0.25) is 0 Å². The third-order valence-electron chi connectivity index (χ3n) is 1.86. The van der Waals surface area contributed by atoms with Crippen LogP contribution in [0.5, 0.6) is 0 Å². The van der Waals surface area contributed by atoms with Crippen LogP contribution in [-0.4, -0.2) is 20.1 Å². The van der Waals surface area contributed by atoms with Gasteiger partial charge in [0.1, 0.15) is 5.82 Å². The van der Waals surface area contributed by atoms with Gasteiger partial charge >= 0.3 is 0 Å². The van der Waals surface area contributed by atoms with Gasteiger partial charge < -0.3 is 10.6 Å². The predicted molar refractivity (Wildman–Crippen MR) is 59.7 cm³/mol. The van der Waals surface area contributed by atoms with E-state index in [-0.39, 0.29) is 5.82 Å². The van der Waals surface area contributed by atoms with Gasteiger partial charge in [-0.25, -0.2) is 4.39 Å². The number of rotatable bonds is 5. The van der Waals surface area contributed by atoms with E-state index in [4.69, 9.17) is 0 Å². The summed E-state index contributed by atoms with van der Waals surface area (Å²) in [7, 11) is 1.91. The molecule has 0 aliphatic heterocycles. The van der Waals surface area contributed by atoms with E-state index < -0.39 is 0 Å². The summed E-state index contributed by atoms with van der Waals surface area (Å²) >= 11 is 3.15. The molecule has 0 spiro atoms. The van der Waals surface area contributed by atoms with Gasteiger partial charge in [0.05, 0.1) is 4.47 Å². The van der Waals surface area contributed by atoms with E-state index in [1.165, 1.54) is 6.07 Å². The van der Waals surface area contributed by atoms with Crippen molar-refractivity contribution in [2.45, 2.75) is 6.54 Å². The van der Waals surface area contributed by atoms with Gasteiger partial charge in [-0.1, -0.05) is 6.07 Å². The zero-order valence-corrected chi connectivity index (χ0v) is 9.70. The highest BCUT2D eigenvalue weighted by molar-refractivity contribution is 9.10. The molecule has 0 saturated heterocycles. The third-order valence-corrected chi connectivity index (χ3v) is 2.47. The van der Waals surface area contributed by atoms with Crippen molar-refractivity contribution in [2.24, 2.45) is 0 Å². The molecule has 78 valence electrons. The van der Waals surface area contributed by atoms with Crippen LogP contribution in [0, 0.1) is 5.82 Å². The van der Waals surface area contributed by atoms with Gasteiger partial charge in [-0.2, -0.15) is 0 Å². The largest absolute Gasteiger partial charge is 0.318 e. The van der Waals surface area contributed by atoms with E-state index in [1.807, 2.05) is 7.05 Å². The molecular formula is C10H14BrFN2. The Bertz CT molecular complexity index is 291. The van der Waals surface area contributed by atoms with Gasteiger partial charge in [-0.15, -0.1) is 0 Å². The lowest BCUT2D eigenvalue weighted by Gasteiger charge is -2.05. The second-order valence-electron chi connectivity index (χ2n) is 3.03. The molecule has 1 rings (SSSR count). The van der Waals surface area contributed by atoms with Crippen molar-refractivity contribution in [1.82, 2.24) is 10.6 Å². The third kappa shape index (κ3) is 3.74. The number of hydrogen-bond donors (Lipinski definition) is 2. The quantitative estimate of drug-likeness (QED) is 0.791. The van der Waals surface area contributed by atoms with Crippen molar-refractivity contribution in [2.75, 3.05) is 20.1 Å². The number of halogens is 2.